The van der Waals surface area contributed by atoms with Gasteiger partial charge < -0.3 is 14.8 Å². The van der Waals surface area contributed by atoms with Crippen LogP contribution >= 0.6 is 11.3 Å². The standard InChI is InChI=1S/C21H21N3O5S/c25-18(10-24-19(26)13-3-1-2-4-14(13)20(24)27)23-21-22-15(11-30-21)12-5-6-16-17(9-12)29-8-7-28-16/h5-6,9,11,13-14H,1-4,7-8,10H2,(H,22,23,25). The summed E-state index contributed by atoms with van der Waals surface area (Å²) in [5.41, 5.74) is 1.55. The molecule has 1 N–H and O–H groups in total. The van der Waals surface area contributed by atoms with Gasteiger partial charge in [-0.15, -0.1) is 11.3 Å². The summed E-state index contributed by atoms with van der Waals surface area (Å²) in [6.45, 7) is 0.775. The van der Waals surface area contributed by atoms with E-state index in [1.807, 2.05) is 23.6 Å². The van der Waals surface area contributed by atoms with Crippen LogP contribution in [-0.4, -0.2) is 47.4 Å². The summed E-state index contributed by atoms with van der Waals surface area (Å²) in [5, 5.41) is 4.96. The molecule has 9 heteroatoms. The van der Waals surface area contributed by atoms with Crippen molar-refractivity contribution in [3.8, 4) is 22.8 Å². The molecule has 0 bridgehead atoms. The number of carbonyl (C=O) groups excluding carboxylic acids is 3. The van der Waals surface area contributed by atoms with Crippen molar-refractivity contribution in [3.05, 3.63) is 23.6 Å². The number of hydrogen-bond acceptors (Lipinski definition) is 7. The minimum Gasteiger partial charge on any atom is -0.486 e. The SMILES string of the molecule is O=C(CN1C(=O)C2CCCCC2C1=O)Nc1nc(-c2ccc3c(c2)OCCO3)cs1. The molecule has 2 unspecified atom stereocenters. The number of likely N-dealkylation sites (tertiary alicyclic amines) is 1. The molecule has 0 spiro atoms. The Kier molecular flexibility index (Phi) is 4.90. The van der Waals surface area contributed by atoms with Crippen molar-refractivity contribution in [1.82, 2.24) is 9.88 Å². The summed E-state index contributed by atoms with van der Waals surface area (Å²) in [4.78, 5) is 43.1. The number of nitrogens with zero attached hydrogens (tertiary/aromatic N) is 2. The Bertz CT molecular complexity index is 996. The molecule has 0 radical (unpaired) electrons. The van der Waals surface area contributed by atoms with Gasteiger partial charge in [-0.3, -0.25) is 19.3 Å². The number of fused-ring (bicyclic) bond motifs is 2. The van der Waals surface area contributed by atoms with Gasteiger partial charge in [-0.1, -0.05) is 12.8 Å². The number of benzene rings is 1. The van der Waals surface area contributed by atoms with Crippen LogP contribution in [0.5, 0.6) is 11.5 Å². The number of nitrogens with one attached hydrogen (secondary N) is 1. The van der Waals surface area contributed by atoms with Crippen LogP contribution in [0.25, 0.3) is 11.3 Å². The Morgan fingerprint density at radius 3 is 2.53 bits per heavy atom. The van der Waals surface area contributed by atoms with Crippen LogP contribution in [0.15, 0.2) is 23.6 Å². The highest BCUT2D eigenvalue weighted by Crippen LogP contribution is 2.38. The van der Waals surface area contributed by atoms with E-state index < -0.39 is 5.91 Å². The monoisotopic (exact) mass is 427 g/mol. The number of hydrogen-bond donors (Lipinski definition) is 1. The maximum Gasteiger partial charge on any atom is 0.246 e. The Morgan fingerprint density at radius 1 is 1.10 bits per heavy atom. The first-order valence-electron chi connectivity index (χ1n) is 10.1. The predicted octanol–water partition coefficient (Wildman–Crippen LogP) is 2.70. The second kappa shape index (κ2) is 7.71. The first-order valence-corrected chi connectivity index (χ1v) is 11.0. The average molecular weight is 427 g/mol. The fourth-order valence-electron chi connectivity index (χ4n) is 4.36. The number of thiazole rings is 1. The largest absolute Gasteiger partial charge is 0.486 e. The number of amides is 3. The highest BCUT2D eigenvalue weighted by Gasteiger charge is 2.48. The Hall–Kier alpha value is -2.94. The van der Waals surface area contributed by atoms with Gasteiger partial charge in [0.05, 0.1) is 17.5 Å². The van der Waals surface area contributed by atoms with E-state index in [1.54, 1.807) is 0 Å². The summed E-state index contributed by atoms with van der Waals surface area (Å²) in [6, 6.07) is 5.58. The van der Waals surface area contributed by atoms with Gasteiger partial charge in [0.15, 0.2) is 16.6 Å². The molecule has 1 saturated heterocycles. The molecule has 3 aliphatic rings. The first kappa shape index (κ1) is 19.0. The van der Waals surface area contributed by atoms with Crippen LogP contribution in [0.4, 0.5) is 5.13 Å². The summed E-state index contributed by atoms with van der Waals surface area (Å²) in [6.07, 6.45) is 3.39. The summed E-state index contributed by atoms with van der Waals surface area (Å²) >= 11 is 1.29. The molecule has 156 valence electrons. The summed E-state index contributed by atoms with van der Waals surface area (Å²) in [5.74, 6) is 0.0333. The van der Waals surface area contributed by atoms with Crippen molar-refractivity contribution in [2.24, 2.45) is 11.8 Å². The van der Waals surface area contributed by atoms with Gasteiger partial charge in [0.1, 0.15) is 19.8 Å². The van der Waals surface area contributed by atoms with Gasteiger partial charge in [-0.25, -0.2) is 4.98 Å². The van der Waals surface area contributed by atoms with Gasteiger partial charge in [0, 0.05) is 10.9 Å². The van der Waals surface area contributed by atoms with E-state index in [1.165, 1.54) is 11.3 Å². The number of anilines is 1. The molecule has 2 fully saturated rings. The molecule has 2 aliphatic heterocycles. The Balaban J connectivity index is 1.25. The van der Waals surface area contributed by atoms with Gasteiger partial charge in [-0.2, -0.15) is 0 Å². The van der Waals surface area contributed by atoms with E-state index in [2.05, 4.69) is 10.3 Å². The Labute approximate surface area is 177 Å². The van der Waals surface area contributed by atoms with Crippen LogP contribution < -0.4 is 14.8 Å². The lowest BCUT2D eigenvalue weighted by Crippen LogP contribution is -2.38. The van der Waals surface area contributed by atoms with Gasteiger partial charge >= 0.3 is 0 Å². The molecular weight excluding hydrogens is 406 g/mol. The average Bonchev–Trinajstić information content (AvgIpc) is 3.32. The minimum atomic E-state index is -0.418. The zero-order valence-electron chi connectivity index (χ0n) is 16.3. The van der Waals surface area contributed by atoms with E-state index in [4.69, 9.17) is 9.47 Å². The molecule has 1 saturated carbocycles. The molecule has 3 amide bonds. The molecule has 30 heavy (non-hydrogen) atoms. The number of carbonyl (C=O) groups is 3. The maximum absolute atomic E-state index is 12.5. The smallest absolute Gasteiger partial charge is 0.246 e. The van der Waals surface area contributed by atoms with Crippen LogP contribution in [-0.2, 0) is 14.4 Å². The maximum atomic E-state index is 12.5. The van der Waals surface area contributed by atoms with E-state index in [-0.39, 0.29) is 30.2 Å². The van der Waals surface area contributed by atoms with Gasteiger partial charge in [-0.05, 0) is 31.0 Å². The van der Waals surface area contributed by atoms with Crippen molar-refractivity contribution < 1.29 is 23.9 Å². The number of rotatable bonds is 4. The lowest BCUT2D eigenvalue weighted by atomic mass is 9.81. The molecule has 1 aromatic heterocycles. The third-order valence-corrected chi connectivity index (χ3v) is 6.58. The van der Waals surface area contributed by atoms with E-state index in [0.717, 1.165) is 36.1 Å². The second-order valence-corrected chi connectivity index (χ2v) is 8.56. The normalized spacial score (nSPS) is 22.7. The summed E-state index contributed by atoms with van der Waals surface area (Å²) in [7, 11) is 0. The molecular formula is C21H21N3O5S. The summed E-state index contributed by atoms with van der Waals surface area (Å²) < 4.78 is 11.1. The molecule has 3 heterocycles. The molecule has 8 nitrogen and oxygen atoms in total. The van der Waals surface area contributed by atoms with Crippen molar-refractivity contribution in [3.63, 3.8) is 0 Å². The van der Waals surface area contributed by atoms with Crippen LogP contribution in [0.3, 0.4) is 0 Å². The van der Waals surface area contributed by atoms with Crippen molar-refractivity contribution in [2.45, 2.75) is 25.7 Å². The zero-order chi connectivity index (χ0) is 20.7. The van der Waals surface area contributed by atoms with Crippen LogP contribution in [0, 0.1) is 11.8 Å². The van der Waals surface area contributed by atoms with Crippen molar-refractivity contribution >= 4 is 34.2 Å². The third kappa shape index (κ3) is 3.43. The molecule has 5 rings (SSSR count). The van der Waals surface area contributed by atoms with Gasteiger partial charge in [0.2, 0.25) is 17.7 Å². The number of aromatic nitrogens is 1. The Morgan fingerprint density at radius 2 is 1.80 bits per heavy atom. The molecule has 1 aliphatic carbocycles. The number of ether oxygens (including phenoxy) is 2. The van der Waals surface area contributed by atoms with Crippen LogP contribution in [0.1, 0.15) is 25.7 Å². The van der Waals surface area contributed by atoms with Crippen molar-refractivity contribution in [1.29, 1.82) is 0 Å². The van der Waals surface area contributed by atoms with Crippen LogP contribution in [0.2, 0.25) is 0 Å². The topological polar surface area (TPSA) is 97.8 Å². The molecule has 1 aromatic carbocycles. The molecule has 2 atom stereocenters. The predicted molar refractivity (Wildman–Crippen MR) is 109 cm³/mol. The highest BCUT2D eigenvalue weighted by atomic mass is 32.1. The fourth-order valence-corrected chi connectivity index (χ4v) is 5.09. The quantitative estimate of drug-likeness (QED) is 0.754. The fraction of sp³-hybridized carbons (Fsp3) is 0.429. The highest BCUT2D eigenvalue weighted by molar-refractivity contribution is 7.14. The minimum absolute atomic E-state index is 0.212. The first-order chi connectivity index (χ1) is 14.6. The number of imide groups is 1. The van der Waals surface area contributed by atoms with Gasteiger partial charge in [0.25, 0.3) is 0 Å². The lowest BCUT2D eigenvalue weighted by molar-refractivity contribution is -0.142. The van der Waals surface area contributed by atoms with E-state index in [0.29, 0.717) is 35.5 Å². The van der Waals surface area contributed by atoms with E-state index in [9.17, 15) is 14.4 Å². The molecule has 2 aromatic rings. The van der Waals surface area contributed by atoms with E-state index >= 15 is 0 Å². The second-order valence-electron chi connectivity index (χ2n) is 7.70. The lowest BCUT2D eigenvalue weighted by Gasteiger charge is -2.19. The zero-order valence-corrected chi connectivity index (χ0v) is 17.1. The third-order valence-electron chi connectivity index (χ3n) is 5.82. The van der Waals surface area contributed by atoms with Crippen molar-refractivity contribution in [2.75, 3.05) is 25.1 Å².